The number of carbonyl (C=O) groups is 2. The van der Waals surface area contributed by atoms with E-state index in [1.165, 1.54) is 0 Å². The molecule has 0 fully saturated rings. The first-order valence-corrected chi connectivity index (χ1v) is 4.20. The zero-order chi connectivity index (χ0) is 10.1. The number of rotatable bonds is 1. The van der Waals surface area contributed by atoms with Gasteiger partial charge in [0.05, 0.1) is 12.0 Å². The van der Waals surface area contributed by atoms with Crippen molar-refractivity contribution in [3.63, 3.8) is 0 Å². The van der Waals surface area contributed by atoms with Crippen molar-refractivity contribution >= 4 is 24.2 Å². The van der Waals surface area contributed by atoms with Crippen molar-refractivity contribution in [3.05, 3.63) is 29.8 Å². The number of hydrogen-bond donors (Lipinski definition) is 1. The molecule has 0 bridgehead atoms. The Kier molecular flexibility index (Phi) is 3.31. The highest BCUT2D eigenvalue weighted by Crippen LogP contribution is 2.26. The maximum atomic E-state index is 11.5. The number of carbonyl (C=O) groups excluding carboxylic acids is 1. The minimum Gasteiger partial charge on any atom is -0.478 e. The molecule has 1 aromatic carbocycles. The summed E-state index contributed by atoms with van der Waals surface area (Å²) >= 11 is 0. The van der Waals surface area contributed by atoms with Gasteiger partial charge < -0.3 is 9.84 Å². The molecule has 0 amide bonds. The Morgan fingerprint density at radius 2 is 2.07 bits per heavy atom. The van der Waals surface area contributed by atoms with Gasteiger partial charge in [-0.2, -0.15) is 0 Å². The van der Waals surface area contributed by atoms with Crippen LogP contribution in [0.2, 0.25) is 0 Å². The van der Waals surface area contributed by atoms with Crippen LogP contribution in [0.5, 0.6) is 5.75 Å². The lowest BCUT2D eigenvalue weighted by molar-refractivity contribution is -0.145. The van der Waals surface area contributed by atoms with Crippen molar-refractivity contribution in [2.45, 2.75) is 12.5 Å². The normalized spacial score (nSPS) is 18.4. The van der Waals surface area contributed by atoms with Gasteiger partial charge in [0, 0.05) is 0 Å². The SMILES string of the molecule is Cl.O=C1CC(C(=O)O)Oc2ccccc21. The molecule has 80 valence electrons. The summed E-state index contributed by atoms with van der Waals surface area (Å²) < 4.78 is 5.14. The van der Waals surface area contributed by atoms with E-state index in [9.17, 15) is 9.59 Å². The molecular formula is C10H9ClO4. The quantitative estimate of drug-likeness (QED) is 0.792. The smallest absolute Gasteiger partial charge is 0.345 e. The molecule has 1 atom stereocenters. The molecule has 0 spiro atoms. The minimum absolute atomic E-state index is 0. The fraction of sp³-hybridized carbons (Fsp3) is 0.200. The fourth-order valence-corrected chi connectivity index (χ4v) is 1.41. The van der Waals surface area contributed by atoms with Crippen LogP contribution >= 0.6 is 12.4 Å². The van der Waals surface area contributed by atoms with Crippen LogP contribution in [-0.2, 0) is 4.79 Å². The molecule has 1 aliphatic heterocycles. The molecule has 5 heteroatoms. The van der Waals surface area contributed by atoms with Crippen molar-refractivity contribution in [2.24, 2.45) is 0 Å². The number of ketones is 1. The van der Waals surface area contributed by atoms with Crippen LogP contribution in [0.25, 0.3) is 0 Å². The molecule has 0 saturated carbocycles. The van der Waals surface area contributed by atoms with Crippen LogP contribution < -0.4 is 4.74 Å². The predicted molar refractivity (Wildman–Crippen MR) is 54.7 cm³/mol. The highest BCUT2D eigenvalue weighted by Gasteiger charge is 2.30. The van der Waals surface area contributed by atoms with Gasteiger partial charge in [-0.1, -0.05) is 12.1 Å². The van der Waals surface area contributed by atoms with Crippen LogP contribution in [0.15, 0.2) is 24.3 Å². The Balaban J connectivity index is 0.00000112. The van der Waals surface area contributed by atoms with E-state index in [0.29, 0.717) is 11.3 Å². The topological polar surface area (TPSA) is 63.6 Å². The minimum atomic E-state index is -1.10. The number of halogens is 1. The number of ether oxygens (including phenoxy) is 1. The number of carboxylic acid groups (broad SMARTS) is 1. The fourth-order valence-electron chi connectivity index (χ4n) is 1.41. The average molecular weight is 229 g/mol. The maximum Gasteiger partial charge on any atom is 0.345 e. The van der Waals surface area contributed by atoms with Gasteiger partial charge in [-0.05, 0) is 12.1 Å². The van der Waals surface area contributed by atoms with Crippen LogP contribution in [0.3, 0.4) is 0 Å². The van der Waals surface area contributed by atoms with E-state index in [2.05, 4.69) is 0 Å². The highest BCUT2D eigenvalue weighted by molar-refractivity contribution is 6.02. The Bertz CT molecular complexity index is 402. The standard InChI is InChI=1S/C10H8O4.ClH/c11-7-5-9(10(12)13)14-8-4-2-1-3-6(7)8;/h1-4,9H,5H2,(H,12,13);1H. The van der Waals surface area contributed by atoms with Crippen molar-refractivity contribution in [1.29, 1.82) is 0 Å². The van der Waals surface area contributed by atoms with Crippen LogP contribution in [0.1, 0.15) is 16.8 Å². The average Bonchev–Trinajstić information content (AvgIpc) is 2.17. The third-order valence-corrected chi connectivity index (χ3v) is 2.10. The number of Topliss-reactive ketones (excluding diaryl/α,β-unsaturated/α-hetero) is 1. The lowest BCUT2D eigenvalue weighted by atomic mass is 10.0. The third-order valence-electron chi connectivity index (χ3n) is 2.10. The number of hydrogen-bond acceptors (Lipinski definition) is 3. The second-order valence-electron chi connectivity index (χ2n) is 3.07. The molecule has 1 N–H and O–H groups in total. The number of aliphatic carboxylic acids is 1. The van der Waals surface area contributed by atoms with E-state index in [0.717, 1.165) is 0 Å². The van der Waals surface area contributed by atoms with Gasteiger partial charge in [0.2, 0.25) is 6.10 Å². The maximum absolute atomic E-state index is 11.5. The monoisotopic (exact) mass is 228 g/mol. The second kappa shape index (κ2) is 4.31. The molecule has 0 aromatic heterocycles. The lowest BCUT2D eigenvalue weighted by Gasteiger charge is -2.21. The summed E-state index contributed by atoms with van der Waals surface area (Å²) in [5, 5.41) is 8.70. The van der Waals surface area contributed by atoms with E-state index < -0.39 is 12.1 Å². The number of carboxylic acids is 1. The first-order valence-electron chi connectivity index (χ1n) is 4.20. The van der Waals surface area contributed by atoms with Crippen molar-refractivity contribution in [3.8, 4) is 5.75 Å². The molecule has 1 aromatic rings. The lowest BCUT2D eigenvalue weighted by Crippen LogP contribution is -2.33. The largest absolute Gasteiger partial charge is 0.478 e. The summed E-state index contributed by atoms with van der Waals surface area (Å²) in [4.78, 5) is 22.1. The van der Waals surface area contributed by atoms with Gasteiger partial charge in [0.15, 0.2) is 5.78 Å². The molecule has 1 unspecified atom stereocenters. The molecule has 0 radical (unpaired) electrons. The van der Waals surface area contributed by atoms with Crippen LogP contribution in [-0.4, -0.2) is 23.0 Å². The van der Waals surface area contributed by atoms with E-state index >= 15 is 0 Å². The Morgan fingerprint density at radius 1 is 1.40 bits per heavy atom. The molecular weight excluding hydrogens is 220 g/mol. The first kappa shape index (κ1) is 11.5. The van der Waals surface area contributed by atoms with Crippen molar-refractivity contribution in [2.75, 3.05) is 0 Å². The van der Waals surface area contributed by atoms with Crippen LogP contribution in [0, 0.1) is 0 Å². The van der Waals surface area contributed by atoms with Gasteiger partial charge in [-0.15, -0.1) is 12.4 Å². The predicted octanol–water partition coefficient (Wildman–Crippen LogP) is 1.53. The summed E-state index contributed by atoms with van der Waals surface area (Å²) in [7, 11) is 0. The van der Waals surface area contributed by atoms with Gasteiger partial charge in [-0.3, -0.25) is 4.79 Å². The Labute approximate surface area is 92.3 Å². The van der Waals surface area contributed by atoms with Gasteiger partial charge in [0.1, 0.15) is 5.75 Å². The molecule has 15 heavy (non-hydrogen) atoms. The molecule has 0 aliphatic carbocycles. The Morgan fingerprint density at radius 3 is 2.73 bits per heavy atom. The van der Waals surface area contributed by atoms with Crippen molar-refractivity contribution in [1.82, 2.24) is 0 Å². The summed E-state index contributed by atoms with van der Waals surface area (Å²) in [6, 6.07) is 6.66. The van der Waals surface area contributed by atoms with Gasteiger partial charge >= 0.3 is 5.97 Å². The van der Waals surface area contributed by atoms with E-state index in [1.807, 2.05) is 0 Å². The number of fused-ring (bicyclic) bond motifs is 1. The summed E-state index contributed by atoms with van der Waals surface area (Å²) in [6.45, 7) is 0. The van der Waals surface area contributed by atoms with Gasteiger partial charge in [-0.25, -0.2) is 4.79 Å². The molecule has 1 aliphatic rings. The van der Waals surface area contributed by atoms with E-state index in [-0.39, 0.29) is 24.6 Å². The number of benzene rings is 1. The first-order chi connectivity index (χ1) is 6.68. The zero-order valence-electron chi connectivity index (χ0n) is 7.67. The Hall–Kier alpha value is -1.55. The number of para-hydroxylation sites is 1. The van der Waals surface area contributed by atoms with Crippen molar-refractivity contribution < 1.29 is 19.4 Å². The molecule has 1 heterocycles. The van der Waals surface area contributed by atoms with Crippen LogP contribution in [0.4, 0.5) is 0 Å². The molecule has 0 saturated heterocycles. The van der Waals surface area contributed by atoms with E-state index in [1.54, 1.807) is 24.3 Å². The van der Waals surface area contributed by atoms with Gasteiger partial charge in [0.25, 0.3) is 0 Å². The summed E-state index contributed by atoms with van der Waals surface area (Å²) in [6.07, 6.45) is -1.14. The summed E-state index contributed by atoms with van der Waals surface area (Å²) in [5.41, 5.74) is 0.463. The molecule has 4 nitrogen and oxygen atoms in total. The summed E-state index contributed by atoms with van der Waals surface area (Å²) in [5.74, 6) is -0.928. The second-order valence-corrected chi connectivity index (χ2v) is 3.07. The third kappa shape index (κ3) is 2.10. The molecule has 2 rings (SSSR count). The highest BCUT2D eigenvalue weighted by atomic mass is 35.5. The van der Waals surface area contributed by atoms with E-state index in [4.69, 9.17) is 9.84 Å². The zero-order valence-corrected chi connectivity index (χ0v) is 8.49.